The van der Waals surface area contributed by atoms with Crippen molar-refractivity contribution in [2.75, 3.05) is 238 Å². The second kappa shape index (κ2) is 53.3. The van der Waals surface area contributed by atoms with Crippen LogP contribution in [0.2, 0.25) is 0 Å². The fourth-order valence-electron chi connectivity index (χ4n) is 8.77. The zero-order chi connectivity index (χ0) is 84.8. The average Bonchev–Trinajstić information content (AvgIpc) is 0.935. The molecule has 0 aromatic heterocycles. The number of piperidine rings is 2. The van der Waals surface area contributed by atoms with Gasteiger partial charge in [0, 0.05) is 160 Å². The molecule has 8 aliphatic heterocycles. The van der Waals surface area contributed by atoms with E-state index in [0.717, 1.165) is 64.7 Å². The van der Waals surface area contributed by atoms with E-state index in [0.29, 0.717) is 213 Å². The van der Waals surface area contributed by atoms with Crippen molar-refractivity contribution in [3.63, 3.8) is 0 Å². The number of hydrogen-bond acceptors (Lipinski definition) is 30. The first-order chi connectivity index (χ1) is 52.0. The van der Waals surface area contributed by atoms with Gasteiger partial charge in [-0.25, -0.2) is 38.4 Å². The summed E-state index contributed by atoms with van der Waals surface area (Å²) >= 11 is 0. The second-order valence-corrected chi connectivity index (χ2v) is 26.3. The molecule has 8 rings (SSSR count). The molecule has 0 saturated carbocycles. The van der Waals surface area contributed by atoms with Crippen LogP contribution in [0.4, 0.5) is 70.2 Å². The van der Waals surface area contributed by atoms with Gasteiger partial charge in [0.25, 0.3) is 0 Å². The standard InChI is InChI=1S/2C9H15F2NO2.6C8H13F2NO3/c2*1-9(10,11)8(13)14-7-12-5-3-2-4-6-12;6*1-8(9,10)7(12)14-6-11-2-4-13-5-3-11/h2*2-7H2,1H3;6*2-6H2,1H3. The van der Waals surface area contributed by atoms with Crippen LogP contribution in [-0.4, -0.2) is 372 Å². The largest absolute Gasteiger partial charge is 0.445 e. The molecule has 8 fully saturated rings. The highest BCUT2D eigenvalue weighted by molar-refractivity contribution is 5.79. The predicted octanol–water partition coefficient (Wildman–Crippen LogP) is 6.10. The van der Waals surface area contributed by atoms with E-state index in [1.807, 2.05) is 9.80 Å². The molecule has 8 saturated heterocycles. The van der Waals surface area contributed by atoms with E-state index in [1.165, 1.54) is 0 Å². The maximum Gasteiger partial charge on any atom is 0.377 e. The average molecular weight is 1670 g/mol. The number of rotatable bonds is 24. The summed E-state index contributed by atoms with van der Waals surface area (Å²) in [6.45, 7) is 20.6. The van der Waals surface area contributed by atoms with Gasteiger partial charge < -0.3 is 66.3 Å². The van der Waals surface area contributed by atoms with Crippen LogP contribution in [0.5, 0.6) is 0 Å². The van der Waals surface area contributed by atoms with Crippen molar-refractivity contribution in [3.8, 4) is 0 Å². The molecule has 0 spiro atoms. The summed E-state index contributed by atoms with van der Waals surface area (Å²) in [5.41, 5.74) is 0. The molecule has 0 aliphatic carbocycles. The highest BCUT2D eigenvalue weighted by Crippen LogP contribution is 2.21. The molecular formula is C66H108F16N8O22. The lowest BCUT2D eigenvalue weighted by Crippen LogP contribution is -2.40. The number of likely N-dealkylation sites (tertiary alicyclic amines) is 2. The number of ether oxygens (including phenoxy) is 14. The van der Waals surface area contributed by atoms with Crippen LogP contribution >= 0.6 is 0 Å². The van der Waals surface area contributed by atoms with Gasteiger partial charge in [0.05, 0.1) is 79.3 Å². The summed E-state index contributed by atoms with van der Waals surface area (Å²) in [6.07, 6.45) is 6.49. The number of carbonyl (C=O) groups excluding carboxylic acids is 8. The van der Waals surface area contributed by atoms with Crippen molar-refractivity contribution in [3.05, 3.63) is 0 Å². The third kappa shape index (κ3) is 51.8. The van der Waals surface area contributed by atoms with Crippen molar-refractivity contribution in [1.82, 2.24) is 39.2 Å². The lowest BCUT2D eigenvalue weighted by atomic mass is 10.1. The fraction of sp³-hybridized carbons (Fsp3) is 0.879. The molecule has 0 amide bonds. The molecule has 30 nitrogen and oxygen atoms in total. The SMILES string of the molecule is CC(F)(F)C(=O)OCN1CCCCC1.CC(F)(F)C(=O)OCN1CCCCC1.CC(F)(F)C(=O)OCN1CCOCC1.CC(F)(F)C(=O)OCN1CCOCC1.CC(F)(F)C(=O)OCN1CCOCC1.CC(F)(F)C(=O)OCN1CCOCC1.CC(F)(F)C(=O)OCN1CCOCC1.CC(F)(F)C(=O)OCN1CCOCC1. The lowest BCUT2D eigenvalue weighted by molar-refractivity contribution is -0.176. The Morgan fingerprint density at radius 1 is 0.196 bits per heavy atom. The molecule has 0 bridgehead atoms. The van der Waals surface area contributed by atoms with E-state index in [9.17, 15) is 109 Å². The Labute approximate surface area is 639 Å². The van der Waals surface area contributed by atoms with Gasteiger partial charge in [0.2, 0.25) is 0 Å². The van der Waals surface area contributed by atoms with Crippen molar-refractivity contribution in [1.29, 1.82) is 0 Å². The van der Waals surface area contributed by atoms with Crippen molar-refractivity contribution < 1.29 is 175 Å². The normalized spacial score (nSPS) is 19.4. The molecule has 46 heteroatoms. The van der Waals surface area contributed by atoms with Crippen LogP contribution in [0.1, 0.15) is 93.9 Å². The number of alkyl halides is 16. The Hall–Kier alpha value is -5.92. The molecule has 0 N–H and O–H groups in total. The first kappa shape index (κ1) is 104. The molecule has 0 aromatic rings. The van der Waals surface area contributed by atoms with E-state index >= 15 is 0 Å². The van der Waals surface area contributed by atoms with Gasteiger partial charge in [-0.05, 0) is 25.7 Å². The fourth-order valence-corrected chi connectivity index (χ4v) is 8.77. The van der Waals surface area contributed by atoms with E-state index in [1.54, 1.807) is 29.4 Å². The zero-order valence-corrected chi connectivity index (χ0v) is 64.3. The maximum atomic E-state index is 12.4. The predicted molar refractivity (Wildman–Crippen MR) is 358 cm³/mol. The molecule has 0 aromatic carbocycles. The van der Waals surface area contributed by atoms with Gasteiger partial charge in [-0.15, -0.1) is 0 Å². The summed E-state index contributed by atoms with van der Waals surface area (Å²) < 4.78 is 264. The monoisotopic (exact) mass is 1670 g/mol. The van der Waals surface area contributed by atoms with Crippen LogP contribution in [0.15, 0.2) is 0 Å². The van der Waals surface area contributed by atoms with E-state index < -0.39 is 95.1 Å². The molecule has 0 atom stereocenters. The molecule has 8 heterocycles. The van der Waals surface area contributed by atoms with Crippen LogP contribution < -0.4 is 0 Å². The van der Waals surface area contributed by atoms with E-state index in [4.69, 9.17) is 28.4 Å². The number of esters is 8. The van der Waals surface area contributed by atoms with Gasteiger partial charge in [0.15, 0.2) is 0 Å². The van der Waals surface area contributed by atoms with Gasteiger partial charge in [-0.1, -0.05) is 12.8 Å². The third-order valence-corrected chi connectivity index (χ3v) is 15.4. The van der Waals surface area contributed by atoms with Gasteiger partial charge >= 0.3 is 95.1 Å². The summed E-state index contributed by atoms with van der Waals surface area (Å²) in [7, 11) is 0. The number of carbonyl (C=O) groups is 8. The van der Waals surface area contributed by atoms with Crippen molar-refractivity contribution in [2.45, 2.75) is 141 Å². The van der Waals surface area contributed by atoms with Gasteiger partial charge in [-0.2, -0.15) is 70.2 Å². The van der Waals surface area contributed by atoms with Crippen molar-refractivity contribution in [2.24, 2.45) is 0 Å². The summed E-state index contributed by atoms with van der Waals surface area (Å²) in [5.74, 6) is -39.0. The van der Waals surface area contributed by atoms with Crippen LogP contribution in [-0.2, 0) is 105 Å². The first-order valence-electron chi connectivity index (χ1n) is 35.7. The second-order valence-electron chi connectivity index (χ2n) is 26.3. The number of hydrogen-bond donors (Lipinski definition) is 0. The molecule has 0 unspecified atom stereocenters. The minimum absolute atomic E-state index is 0.0116. The summed E-state index contributed by atoms with van der Waals surface area (Å²) in [4.78, 5) is 99.7. The quantitative estimate of drug-likeness (QED) is 0.0599. The Balaban J connectivity index is 0.000000640. The Kier molecular flexibility index (Phi) is 49.6. The molecule has 112 heavy (non-hydrogen) atoms. The first-order valence-corrected chi connectivity index (χ1v) is 35.7. The van der Waals surface area contributed by atoms with Crippen molar-refractivity contribution >= 4 is 47.8 Å². The number of nitrogens with zero attached hydrogens (tertiary/aromatic N) is 8. The minimum atomic E-state index is -3.41. The van der Waals surface area contributed by atoms with E-state index in [-0.39, 0.29) is 53.8 Å². The molecular weight excluding hydrogens is 1560 g/mol. The Morgan fingerprint density at radius 2 is 0.295 bits per heavy atom. The lowest BCUT2D eigenvalue weighted by Gasteiger charge is -2.26. The highest BCUT2D eigenvalue weighted by Gasteiger charge is 2.40. The maximum absolute atomic E-state index is 12.4. The molecule has 8 aliphatic rings. The Morgan fingerprint density at radius 3 is 0.393 bits per heavy atom. The third-order valence-electron chi connectivity index (χ3n) is 15.4. The van der Waals surface area contributed by atoms with Gasteiger partial charge in [0.1, 0.15) is 53.8 Å². The minimum Gasteiger partial charge on any atom is -0.445 e. The van der Waals surface area contributed by atoms with E-state index in [2.05, 4.69) is 37.9 Å². The van der Waals surface area contributed by atoms with Crippen LogP contribution in [0.25, 0.3) is 0 Å². The zero-order valence-electron chi connectivity index (χ0n) is 64.3. The topological polar surface area (TPSA) is 292 Å². The van der Waals surface area contributed by atoms with Crippen LogP contribution in [0.3, 0.4) is 0 Å². The Bertz CT molecular complexity index is 2120. The number of morpholine rings is 6. The highest BCUT2D eigenvalue weighted by atomic mass is 19.3. The summed E-state index contributed by atoms with van der Waals surface area (Å²) in [6, 6.07) is 0. The summed E-state index contributed by atoms with van der Waals surface area (Å²) in [5, 5.41) is 0. The molecule has 0 radical (unpaired) electrons. The molecule has 656 valence electrons. The smallest absolute Gasteiger partial charge is 0.377 e. The van der Waals surface area contributed by atoms with Crippen LogP contribution in [0, 0.1) is 0 Å². The number of halogens is 16. The van der Waals surface area contributed by atoms with Gasteiger partial charge in [-0.3, -0.25) is 39.2 Å².